The molecule has 0 aromatic rings. The molecule has 65 heavy (non-hydrogen) atoms. The summed E-state index contributed by atoms with van der Waals surface area (Å²) in [7, 11) is 2.95. The number of hydrogen-bond donors (Lipinski definition) is 0. The number of nitrogens with zero attached hydrogens (tertiary/aromatic N) is 1. The van der Waals surface area contributed by atoms with Gasteiger partial charge in [0.2, 0.25) is 0 Å². The monoisotopic (exact) mass is 944 g/mol. The summed E-state index contributed by atoms with van der Waals surface area (Å²) in [4.78, 5) is 38.3. The smallest absolute Gasteiger partial charge is 0.306 e. The lowest BCUT2D eigenvalue weighted by Gasteiger charge is -2.42. The molecule has 3 aliphatic rings. The zero-order chi connectivity index (χ0) is 47.6. The van der Waals surface area contributed by atoms with Gasteiger partial charge in [0.15, 0.2) is 0 Å². The second-order valence-corrected chi connectivity index (χ2v) is 22.2. The van der Waals surface area contributed by atoms with Gasteiger partial charge >= 0.3 is 11.9 Å². The summed E-state index contributed by atoms with van der Waals surface area (Å²) < 4.78 is 59.2. The number of methoxy groups -OCH3 is 1. The van der Waals surface area contributed by atoms with Gasteiger partial charge in [-0.3, -0.25) is 14.2 Å². The van der Waals surface area contributed by atoms with E-state index in [9.17, 15) is 19.0 Å². The van der Waals surface area contributed by atoms with Crippen molar-refractivity contribution < 1.29 is 61.0 Å². The molecular weight excluding hydrogens is 850 g/mol. The predicted octanol–water partition coefficient (Wildman–Crippen LogP) is 10.7. The first kappa shape index (κ1) is 57.9. The highest BCUT2D eigenvalue weighted by molar-refractivity contribution is 7.45. The molecule has 1 saturated carbocycles. The fourth-order valence-corrected chi connectivity index (χ4v) is 10.1. The minimum atomic E-state index is -4.58. The van der Waals surface area contributed by atoms with Crippen LogP contribution < -0.4 is 4.89 Å². The number of phosphoric acid groups is 1. The number of epoxide rings is 2. The summed E-state index contributed by atoms with van der Waals surface area (Å²) in [5.41, 5.74) is 0.640. The molecule has 2 unspecified atom stereocenters. The normalized spacial score (nSPS) is 25.2. The first-order valence-electron chi connectivity index (χ1n) is 25.9. The van der Waals surface area contributed by atoms with E-state index in [0.717, 1.165) is 57.8 Å². The van der Waals surface area contributed by atoms with Crippen molar-refractivity contribution in [3.63, 3.8) is 0 Å². The standard InChI is InChI=1S/C51H94NO12P/c1-9-10-11-12-13-14-15-16-17-18-19-20-23-26-29-37-58-39-43(40-61-65(55,56)60-38-36-52(5,6)7)62-46(53)30-27-24-21-22-25-28-31-47(54)63-44-34-35-51(41-59-51)49(48(44)57-8)50(4)45(64-50)33-32-42(2)3/h32,43-45,48-49H,9-31,33-41H2,1-8H3/t43-,44-,45?,48-,49-,50+,51+/m1/s1. The van der Waals surface area contributed by atoms with Crippen LogP contribution in [0.1, 0.15) is 195 Å². The predicted molar refractivity (Wildman–Crippen MR) is 254 cm³/mol. The van der Waals surface area contributed by atoms with Crippen LogP contribution in [-0.2, 0) is 51.6 Å². The number of carbonyl (C=O) groups is 2. The average molecular weight is 944 g/mol. The van der Waals surface area contributed by atoms with Crippen molar-refractivity contribution in [2.75, 3.05) is 67.8 Å². The summed E-state index contributed by atoms with van der Waals surface area (Å²) in [6.45, 7) is 9.99. The number of unbranched alkanes of at least 4 members (excludes halogenated alkanes) is 19. The Hall–Kier alpha value is -1.41. The molecule has 8 atom stereocenters. The van der Waals surface area contributed by atoms with Crippen molar-refractivity contribution in [2.24, 2.45) is 5.92 Å². The van der Waals surface area contributed by atoms with Gasteiger partial charge in [-0.15, -0.1) is 0 Å². The van der Waals surface area contributed by atoms with Crippen LogP contribution in [-0.4, -0.2) is 120 Å². The van der Waals surface area contributed by atoms with Gasteiger partial charge in [0, 0.05) is 26.6 Å². The Morgan fingerprint density at radius 2 is 1.32 bits per heavy atom. The third kappa shape index (κ3) is 24.1. The Labute approximate surface area is 395 Å². The number of carbonyl (C=O) groups excluding carboxylic acids is 2. The van der Waals surface area contributed by atoms with Crippen LogP contribution in [0.3, 0.4) is 0 Å². The van der Waals surface area contributed by atoms with Crippen LogP contribution >= 0.6 is 7.82 Å². The first-order valence-corrected chi connectivity index (χ1v) is 27.4. The van der Waals surface area contributed by atoms with E-state index in [1.807, 2.05) is 21.1 Å². The van der Waals surface area contributed by atoms with Crippen LogP contribution in [0.5, 0.6) is 0 Å². The number of esters is 2. The van der Waals surface area contributed by atoms with Gasteiger partial charge in [0.25, 0.3) is 7.82 Å². The third-order valence-corrected chi connectivity index (χ3v) is 14.4. The number of likely N-dealkylation sites (N-methyl/N-ethyl adjacent to an activating group) is 1. The summed E-state index contributed by atoms with van der Waals surface area (Å²) >= 11 is 0. The van der Waals surface area contributed by atoms with E-state index in [1.165, 1.54) is 89.0 Å². The molecule has 0 N–H and O–H groups in total. The molecule has 1 spiro atoms. The van der Waals surface area contributed by atoms with E-state index in [-0.39, 0.29) is 67.6 Å². The van der Waals surface area contributed by atoms with Gasteiger partial charge in [0.05, 0.1) is 53.0 Å². The highest BCUT2D eigenvalue weighted by atomic mass is 31.2. The molecule has 2 saturated heterocycles. The van der Waals surface area contributed by atoms with Gasteiger partial charge < -0.3 is 46.8 Å². The Balaban J connectivity index is 1.28. The zero-order valence-corrected chi connectivity index (χ0v) is 43.3. The molecule has 14 heteroatoms. The largest absolute Gasteiger partial charge is 0.756 e. The molecule has 1 aliphatic carbocycles. The SMILES string of the molecule is CCCCCCCCCCCCCCCCCOC[C@H](COP(=O)([O-])OCC[N+](C)(C)C)OC(=O)CCCCCCCCC(=O)O[C@@H]1CC[C@]2(CO2)[C@@H]([C@@]2(C)OC2CC=C(C)C)[C@@H]1OC. The Bertz CT molecular complexity index is 1400. The van der Waals surface area contributed by atoms with E-state index in [1.54, 1.807) is 7.11 Å². The molecule has 3 rings (SSSR count). The lowest BCUT2D eigenvalue weighted by molar-refractivity contribution is -0.870. The molecule has 0 amide bonds. The van der Waals surface area contributed by atoms with Crippen molar-refractivity contribution in [3.05, 3.63) is 11.6 Å². The molecule has 0 aromatic carbocycles. The molecule has 13 nitrogen and oxygen atoms in total. The van der Waals surface area contributed by atoms with E-state index >= 15 is 0 Å². The number of rotatable bonds is 40. The summed E-state index contributed by atoms with van der Waals surface area (Å²) in [5.74, 6) is -0.609. The maximum atomic E-state index is 13.0. The van der Waals surface area contributed by atoms with Crippen molar-refractivity contribution in [3.8, 4) is 0 Å². The highest BCUT2D eigenvalue weighted by Gasteiger charge is 2.72. The zero-order valence-electron chi connectivity index (χ0n) is 42.4. The average Bonchev–Trinajstić information content (AvgIpc) is 4.17. The molecule has 380 valence electrons. The molecular formula is C51H94NO12P. The molecule has 2 aliphatic heterocycles. The molecule has 0 bridgehead atoms. The molecule has 3 fully saturated rings. The maximum absolute atomic E-state index is 13.0. The van der Waals surface area contributed by atoms with Crippen LogP contribution in [0.15, 0.2) is 11.6 Å². The lowest BCUT2D eigenvalue weighted by Crippen LogP contribution is -2.55. The van der Waals surface area contributed by atoms with Crippen molar-refractivity contribution in [2.45, 2.75) is 230 Å². The second-order valence-electron chi connectivity index (χ2n) is 20.8. The lowest BCUT2D eigenvalue weighted by atomic mass is 9.68. The Morgan fingerprint density at radius 3 is 1.85 bits per heavy atom. The molecule has 0 aromatic heterocycles. The van der Waals surface area contributed by atoms with Crippen LogP contribution in [0.2, 0.25) is 0 Å². The Morgan fingerprint density at radius 1 is 0.785 bits per heavy atom. The number of hydrogen-bond acceptors (Lipinski definition) is 12. The number of phosphoric ester groups is 1. The van der Waals surface area contributed by atoms with E-state index in [0.29, 0.717) is 43.5 Å². The van der Waals surface area contributed by atoms with Crippen LogP contribution in [0.4, 0.5) is 0 Å². The minimum Gasteiger partial charge on any atom is -0.756 e. The fourth-order valence-electron chi connectivity index (χ4n) is 9.33. The number of quaternary nitrogens is 1. The number of allylic oxidation sites excluding steroid dienone is 1. The van der Waals surface area contributed by atoms with E-state index in [4.69, 9.17) is 37.5 Å². The maximum Gasteiger partial charge on any atom is 0.306 e. The minimum absolute atomic E-state index is 0.000569. The number of ether oxygens (including phenoxy) is 6. The first-order chi connectivity index (χ1) is 31.0. The van der Waals surface area contributed by atoms with Gasteiger partial charge in [-0.1, -0.05) is 134 Å². The summed E-state index contributed by atoms with van der Waals surface area (Å²) in [5, 5.41) is 0. The van der Waals surface area contributed by atoms with Gasteiger partial charge in [-0.25, -0.2) is 0 Å². The van der Waals surface area contributed by atoms with Crippen molar-refractivity contribution in [1.82, 2.24) is 0 Å². The third-order valence-electron chi connectivity index (χ3n) is 13.5. The topological polar surface area (TPSA) is 155 Å². The van der Waals surface area contributed by atoms with Crippen LogP contribution in [0, 0.1) is 5.92 Å². The Kier molecular flexibility index (Phi) is 27.6. The highest BCUT2D eigenvalue weighted by Crippen LogP contribution is 2.59. The van der Waals surface area contributed by atoms with E-state index < -0.39 is 19.9 Å². The molecule has 2 heterocycles. The van der Waals surface area contributed by atoms with Gasteiger partial charge in [0.1, 0.15) is 42.7 Å². The van der Waals surface area contributed by atoms with Crippen molar-refractivity contribution >= 4 is 19.8 Å². The quantitative estimate of drug-likeness (QED) is 0.0143. The van der Waals surface area contributed by atoms with Crippen molar-refractivity contribution in [1.29, 1.82) is 0 Å². The summed E-state index contributed by atoms with van der Waals surface area (Å²) in [6.07, 6.45) is 28.0. The van der Waals surface area contributed by atoms with Gasteiger partial charge in [-0.2, -0.15) is 0 Å². The summed E-state index contributed by atoms with van der Waals surface area (Å²) in [6, 6.07) is 0. The fraction of sp³-hybridized carbons (Fsp3) is 0.922. The van der Waals surface area contributed by atoms with Crippen LogP contribution in [0.25, 0.3) is 0 Å². The van der Waals surface area contributed by atoms with E-state index in [2.05, 4.69) is 33.8 Å². The second kappa shape index (κ2) is 30.9. The molecule has 0 radical (unpaired) electrons. The van der Waals surface area contributed by atoms with Gasteiger partial charge in [-0.05, 0) is 59.3 Å².